The molecular weight excluding hydrogens is 474 g/mol. The quantitative estimate of drug-likeness (QED) is 0.534. The van der Waals surface area contributed by atoms with E-state index in [1.54, 1.807) is 0 Å². The van der Waals surface area contributed by atoms with Crippen LogP contribution in [0.15, 0.2) is 0 Å². The molecule has 4 rings (SSSR count). The number of hydrogen-bond acceptors (Lipinski definition) is 6. The topological polar surface area (TPSA) is 129 Å². The molecule has 1 N–H and O–H groups in total. The third-order valence-corrected chi connectivity index (χ3v) is 10.3. The molecule has 4 saturated carbocycles. The predicted molar refractivity (Wildman–Crippen MR) is 135 cm³/mol. The van der Waals surface area contributed by atoms with Crippen LogP contribution in [0.4, 0.5) is 0 Å². The predicted octanol–water partition coefficient (Wildman–Crippen LogP) is 2.52. The zero-order chi connectivity index (χ0) is 27.9. The molecule has 0 amide bonds. The lowest BCUT2D eigenvalue weighted by molar-refractivity contribution is -0.862. The molecule has 4 fully saturated rings. The number of carboxylic acids is 2. The number of likely N-dealkylation sites (N-methyl/N-ethyl adjacent to an activating group) is 1. The van der Waals surface area contributed by atoms with Crippen molar-refractivity contribution >= 4 is 29.3 Å². The summed E-state index contributed by atoms with van der Waals surface area (Å²) in [6.45, 7) is 6.50. The van der Waals surface area contributed by atoms with E-state index in [2.05, 4.69) is 13.8 Å². The van der Waals surface area contributed by atoms with Crippen LogP contribution in [0.3, 0.4) is 0 Å². The summed E-state index contributed by atoms with van der Waals surface area (Å²) in [6.07, 6.45) is 5.08. The SMILES string of the molecule is C[C@H](CCC(=O)[O-])[C@H]1CCC2C3C(=O)CC4CC(=O)CC[C@]4(C)C3CC(=O)[C@@]21C.C[N+](C)(C)CC(=O)O. The van der Waals surface area contributed by atoms with Crippen LogP contribution < -0.4 is 5.11 Å². The fourth-order valence-corrected chi connectivity index (χ4v) is 8.34. The Hall–Kier alpha value is -2.09. The first-order valence-corrected chi connectivity index (χ1v) is 13.8. The van der Waals surface area contributed by atoms with Crippen molar-refractivity contribution in [1.29, 1.82) is 0 Å². The lowest BCUT2D eigenvalue weighted by Crippen LogP contribution is -2.60. The van der Waals surface area contributed by atoms with E-state index >= 15 is 0 Å². The standard InChI is InChI=1S/C24H34O5.C5H11NO2/c1-13(4-7-21(28)29)16-5-6-17-22-18(12-20(27)24(16,17)3)23(2)9-8-15(25)10-14(23)11-19(22)26;1-6(2,3)4-5(7)8/h13-14,16-18,22H,4-12H2,1-3H3,(H,28,29);4H2,1-3H3/t13-,14?,16-,17?,18?,22?,23+,24-;/m1./s1. The molecule has 4 unspecified atom stereocenters. The van der Waals surface area contributed by atoms with Gasteiger partial charge < -0.3 is 19.5 Å². The van der Waals surface area contributed by atoms with Crippen molar-refractivity contribution in [2.75, 3.05) is 27.7 Å². The smallest absolute Gasteiger partial charge is 0.359 e. The van der Waals surface area contributed by atoms with Gasteiger partial charge in [-0.2, -0.15) is 0 Å². The molecule has 37 heavy (non-hydrogen) atoms. The largest absolute Gasteiger partial charge is 0.550 e. The van der Waals surface area contributed by atoms with Crippen molar-refractivity contribution in [2.45, 2.75) is 78.6 Å². The second-order valence-corrected chi connectivity index (χ2v) is 13.7. The van der Waals surface area contributed by atoms with Crippen molar-refractivity contribution in [2.24, 2.45) is 46.3 Å². The first-order valence-electron chi connectivity index (χ1n) is 13.8. The second kappa shape index (κ2) is 10.6. The molecule has 208 valence electrons. The maximum atomic E-state index is 13.6. The third-order valence-electron chi connectivity index (χ3n) is 10.3. The molecule has 0 radical (unpaired) electrons. The van der Waals surface area contributed by atoms with E-state index in [1.165, 1.54) is 0 Å². The monoisotopic (exact) mass is 519 g/mol. The van der Waals surface area contributed by atoms with Crippen LogP contribution in [-0.2, 0) is 24.0 Å². The van der Waals surface area contributed by atoms with Gasteiger partial charge in [0.2, 0.25) is 0 Å². The van der Waals surface area contributed by atoms with Gasteiger partial charge in [0.1, 0.15) is 17.3 Å². The molecule has 8 atom stereocenters. The highest BCUT2D eigenvalue weighted by molar-refractivity contribution is 5.93. The van der Waals surface area contributed by atoms with E-state index in [1.807, 2.05) is 28.1 Å². The Morgan fingerprint density at radius 3 is 2.24 bits per heavy atom. The van der Waals surface area contributed by atoms with Crippen molar-refractivity contribution in [3.63, 3.8) is 0 Å². The van der Waals surface area contributed by atoms with Crippen LogP contribution >= 0.6 is 0 Å². The number of ketones is 3. The van der Waals surface area contributed by atoms with Crippen molar-refractivity contribution in [3.05, 3.63) is 0 Å². The van der Waals surface area contributed by atoms with E-state index < -0.39 is 17.4 Å². The lowest BCUT2D eigenvalue weighted by Gasteiger charge is -2.58. The zero-order valence-electron chi connectivity index (χ0n) is 23.4. The summed E-state index contributed by atoms with van der Waals surface area (Å²) in [7, 11) is 5.52. The van der Waals surface area contributed by atoms with E-state index in [4.69, 9.17) is 5.11 Å². The summed E-state index contributed by atoms with van der Waals surface area (Å²) < 4.78 is 0.481. The molecule has 0 saturated heterocycles. The van der Waals surface area contributed by atoms with E-state index in [0.29, 0.717) is 36.6 Å². The third kappa shape index (κ3) is 5.84. The van der Waals surface area contributed by atoms with Gasteiger partial charge in [0.25, 0.3) is 0 Å². The number of carbonyl (C=O) groups is 5. The summed E-state index contributed by atoms with van der Waals surface area (Å²) >= 11 is 0. The minimum absolute atomic E-state index is 0.0192. The fourth-order valence-electron chi connectivity index (χ4n) is 8.34. The van der Waals surface area contributed by atoms with Crippen LogP contribution in [0.25, 0.3) is 0 Å². The van der Waals surface area contributed by atoms with Crippen molar-refractivity contribution < 1.29 is 38.7 Å². The van der Waals surface area contributed by atoms with Crippen LogP contribution in [0, 0.1) is 46.3 Å². The highest BCUT2D eigenvalue weighted by Gasteiger charge is 2.66. The molecular formula is C29H45NO7. The Morgan fingerprint density at radius 2 is 1.70 bits per heavy atom. The van der Waals surface area contributed by atoms with Gasteiger partial charge >= 0.3 is 5.97 Å². The molecule has 0 heterocycles. The number of carboxylic acid groups (broad SMARTS) is 2. The Morgan fingerprint density at radius 1 is 1.05 bits per heavy atom. The van der Waals surface area contributed by atoms with Gasteiger partial charge in [-0.1, -0.05) is 20.8 Å². The Kier molecular flexibility index (Phi) is 8.43. The van der Waals surface area contributed by atoms with Crippen LogP contribution in [0.2, 0.25) is 0 Å². The highest BCUT2D eigenvalue weighted by Crippen LogP contribution is 2.66. The van der Waals surface area contributed by atoms with Crippen LogP contribution in [0.5, 0.6) is 0 Å². The highest BCUT2D eigenvalue weighted by atomic mass is 16.4. The van der Waals surface area contributed by atoms with Crippen molar-refractivity contribution in [1.82, 2.24) is 0 Å². The Balaban J connectivity index is 0.000000414. The summed E-state index contributed by atoms with van der Waals surface area (Å²) in [5, 5.41) is 19.2. The normalized spacial score (nSPS) is 38.0. The van der Waals surface area contributed by atoms with Gasteiger partial charge in [-0.3, -0.25) is 14.4 Å². The van der Waals surface area contributed by atoms with Gasteiger partial charge in [0, 0.05) is 43.0 Å². The summed E-state index contributed by atoms with van der Waals surface area (Å²) in [4.78, 5) is 59.8. The molecule has 0 aliphatic heterocycles. The number of hydrogen-bond donors (Lipinski definition) is 1. The molecule has 0 bridgehead atoms. The van der Waals surface area contributed by atoms with Gasteiger partial charge in [0.05, 0.1) is 21.1 Å². The van der Waals surface area contributed by atoms with Gasteiger partial charge in [-0.15, -0.1) is 0 Å². The number of carbonyl (C=O) groups excluding carboxylic acids is 4. The number of Topliss-reactive ketones (excluding diaryl/α,β-unsaturated/α-hetero) is 3. The maximum absolute atomic E-state index is 13.6. The van der Waals surface area contributed by atoms with Crippen LogP contribution in [-0.4, -0.2) is 66.6 Å². The fraction of sp³-hybridized carbons (Fsp3) is 0.828. The molecule has 0 aromatic carbocycles. The van der Waals surface area contributed by atoms with Gasteiger partial charge in [0.15, 0.2) is 6.54 Å². The first kappa shape index (κ1) is 29.5. The van der Waals surface area contributed by atoms with E-state index in [9.17, 15) is 29.1 Å². The second-order valence-electron chi connectivity index (χ2n) is 13.7. The summed E-state index contributed by atoms with van der Waals surface area (Å²) in [5.41, 5.74) is -0.627. The van der Waals surface area contributed by atoms with Crippen molar-refractivity contribution in [3.8, 4) is 0 Å². The molecule has 0 aromatic heterocycles. The minimum atomic E-state index is -1.04. The molecule has 4 aliphatic rings. The summed E-state index contributed by atoms with van der Waals surface area (Å²) in [5.74, 6) is -0.622. The zero-order valence-corrected chi connectivity index (χ0v) is 23.4. The molecule has 0 aromatic rings. The van der Waals surface area contributed by atoms with E-state index in [0.717, 1.165) is 19.3 Å². The average Bonchev–Trinajstić information content (AvgIpc) is 3.11. The molecule has 0 spiro atoms. The number of fused-ring (bicyclic) bond motifs is 5. The number of quaternary nitrogens is 1. The maximum Gasteiger partial charge on any atom is 0.359 e. The Bertz CT molecular complexity index is 952. The number of rotatable bonds is 6. The number of nitrogens with zero attached hydrogens (tertiary/aromatic N) is 1. The van der Waals surface area contributed by atoms with Gasteiger partial charge in [-0.25, -0.2) is 4.79 Å². The average molecular weight is 520 g/mol. The minimum Gasteiger partial charge on any atom is -0.550 e. The first-order chi connectivity index (χ1) is 17.0. The van der Waals surface area contributed by atoms with Gasteiger partial charge in [-0.05, 0) is 67.1 Å². The molecule has 8 heteroatoms. The number of aliphatic carboxylic acids is 2. The Labute approximate surface area is 220 Å². The van der Waals surface area contributed by atoms with E-state index in [-0.39, 0.29) is 71.2 Å². The summed E-state index contributed by atoms with van der Waals surface area (Å²) in [6, 6.07) is 0. The van der Waals surface area contributed by atoms with Crippen LogP contribution in [0.1, 0.15) is 78.6 Å². The molecule has 4 aliphatic carbocycles. The lowest BCUT2D eigenvalue weighted by atomic mass is 9.44. The molecule has 8 nitrogen and oxygen atoms in total.